The third-order valence-corrected chi connectivity index (χ3v) is 4.33. The minimum absolute atomic E-state index is 0.0421. The SMILES string of the molecule is [2H]c1cc(C(C)(C)C)cc(-c2cc(C(C)(C)C)c(F)cc2C)[n+]1C. The van der Waals surface area contributed by atoms with Gasteiger partial charge in [0.25, 0.3) is 0 Å². The number of aromatic nitrogens is 1. The largest absolute Gasteiger partial charge is 0.212 e. The topological polar surface area (TPSA) is 3.88 Å². The fraction of sp³-hybridized carbons (Fsp3) is 0.476. The average molecular weight is 315 g/mol. The summed E-state index contributed by atoms with van der Waals surface area (Å²) in [6, 6.07) is 7.60. The maximum atomic E-state index is 14.4. The van der Waals surface area contributed by atoms with Crippen LogP contribution in [0.3, 0.4) is 0 Å². The van der Waals surface area contributed by atoms with Gasteiger partial charge >= 0.3 is 0 Å². The van der Waals surface area contributed by atoms with E-state index in [0.717, 1.165) is 22.4 Å². The highest BCUT2D eigenvalue weighted by atomic mass is 19.1. The molecule has 0 aliphatic carbocycles. The molecule has 0 fully saturated rings. The van der Waals surface area contributed by atoms with Gasteiger partial charge in [0.15, 0.2) is 6.17 Å². The van der Waals surface area contributed by atoms with Crippen molar-refractivity contribution in [3.05, 3.63) is 52.9 Å². The summed E-state index contributed by atoms with van der Waals surface area (Å²) in [7, 11) is 1.89. The van der Waals surface area contributed by atoms with Crippen LogP contribution in [0.2, 0.25) is 0 Å². The highest BCUT2D eigenvalue weighted by Crippen LogP contribution is 2.32. The van der Waals surface area contributed by atoms with Gasteiger partial charge < -0.3 is 0 Å². The van der Waals surface area contributed by atoms with E-state index in [4.69, 9.17) is 1.37 Å². The second kappa shape index (κ2) is 5.74. The number of benzene rings is 1. The predicted octanol–water partition coefficient (Wildman–Crippen LogP) is 5.22. The Morgan fingerprint density at radius 2 is 1.61 bits per heavy atom. The number of hydrogen-bond donors (Lipinski definition) is 0. The van der Waals surface area contributed by atoms with Gasteiger partial charge in [-0.1, -0.05) is 41.5 Å². The zero-order valence-corrected chi connectivity index (χ0v) is 15.6. The number of rotatable bonds is 1. The Morgan fingerprint density at radius 1 is 1.00 bits per heavy atom. The number of aryl methyl sites for hydroxylation is 1. The first-order chi connectivity index (χ1) is 10.8. The molecule has 0 saturated carbocycles. The molecule has 1 nitrogen and oxygen atoms in total. The summed E-state index contributed by atoms with van der Waals surface area (Å²) >= 11 is 0. The predicted molar refractivity (Wildman–Crippen MR) is 95.1 cm³/mol. The third-order valence-electron chi connectivity index (χ3n) is 4.33. The average Bonchev–Trinajstić information content (AvgIpc) is 2.39. The smallest absolute Gasteiger partial charge is 0.207 e. The molecule has 0 bridgehead atoms. The Morgan fingerprint density at radius 3 is 2.13 bits per heavy atom. The van der Waals surface area contributed by atoms with E-state index in [1.54, 1.807) is 6.07 Å². The normalized spacial score (nSPS) is 13.2. The minimum atomic E-state index is -0.267. The molecule has 0 atom stereocenters. The molecular weight excluding hydrogens is 285 g/mol. The highest BCUT2D eigenvalue weighted by Gasteiger charge is 2.24. The van der Waals surface area contributed by atoms with Crippen molar-refractivity contribution < 1.29 is 10.3 Å². The molecule has 2 rings (SSSR count). The van der Waals surface area contributed by atoms with Crippen molar-refractivity contribution >= 4 is 0 Å². The van der Waals surface area contributed by atoms with Crippen LogP contribution in [0.4, 0.5) is 4.39 Å². The van der Waals surface area contributed by atoms with Crippen LogP contribution in [-0.4, -0.2) is 0 Å². The lowest BCUT2D eigenvalue weighted by Crippen LogP contribution is -2.32. The molecule has 2 heteroatoms. The molecule has 1 aromatic heterocycles. The maximum absolute atomic E-state index is 14.4. The molecular formula is C21H29FN+. The first kappa shape index (κ1) is 16.2. The standard InChI is InChI=1S/C21H29FN/c1-14-11-18(22)17(21(5,6)7)13-16(14)19-12-15(20(2,3)4)9-10-23(19)8/h9-13H,1-8H3/q+1/i10D. The first-order valence-corrected chi connectivity index (χ1v) is 8.14. The van der Waals surface area contributed by atoms with E-state index >= 15 is 0 Å². The Bertz CT molecular complexity index is 780. The second-order valence-electron chi connectivity index (χ2n) is 8.46. The lowest BCUT2D eigenvalue weighted by atomic mass is 9.83. The summed E-state index contributed by atoms with van der Waals surface area (Å²) in [5, 5.41) is 0. The van der Waals surface area contributed by atoms with Crippen LogP contribution in [0.15, 0.2) is 30.4 Å². The Hall–Kier alpha value is -1.70. The molecule has 0 aliphatic rings. The van der Waals surface area contributed by atoms with E-state index in [0.29, 0.717) is 11.7 Å². The summed E-state index contributed by atoms with van der Waals surface area (Å²) in [5.41, 5.74) is 4.34. The summed E-state index contributed by atoms with van der Waals surface area (Å²) in [6.45, 7) is 14.4. The van der Waals surface area contributed by atoms with E-state index in [2.05, 4.69) is 26.8 Å². The van der Waals surface area contributed by atoms with Gasteiger partial charge in [0, 0.05) is 17.7 Å². The zero-order chi connectivity index (χ0) is 18.4. The van der Waals surface area contributed by atoms with Crippen LogP contribution in [0, 0.1) is 12.7 Å². The van der Waals surface area contributed by atoms with Crippen molar-refractivity contribution in [1.29, 1.82) is 0 Å². The number of nitrogens with zero attached hydrogens (tertiary/aromatic N) is 1. The maximum Gasteiger partial charge on any atom is 0.212 e. The highest BCUT2D eigenvalue weighted by molar-refractivity contribution is 5.63. The van der Waals surface area contributed by atoms with Crippen molar-refractivity contribution in [1.82, 2.24) is 0 Å². The van der Waals surface area contributed by atoms with Crippen molar-refractivity contribution in [2.75, 3.05) is 0 Å². The molecule has 0 N–H and O–H groups in total. The molecule has 0 radical (unpaired) electrons. The van der Waals surface area contributed by atoms with Gasteiger partial charge in [0.2, 0.25) is 5.69 Å². The van der Waals surface area contributed by atoms with E-state index in [1.165, 1.54) is 0 Å². The molecule has 0 saturated heterocycles. The molecule has 0 spiro atoms. The van der Waals surface area contributed by atoms with E-state index in [9.17, 15) is 4.39 Å². The number of pyridine rings is 1. The van der Waals surface area contributed by atoms with E-state index < -0.39 is 0 Å². The van der Waals surface area contributed by atoms with Gasteiger partial charge in [0.05, 0.1) is 0 Å². The lowest BCUT2D eigenvalue weighted by molar-refractivity contribution is -0.660. The first-order valence-electron chi connectivity index (χ1n) is 8.64. The minimum Gasteiger partial charge on any atom is -0.207 e. The molecule has 2 aromatic rings. The van der Waals surface area contributed by atoms with Crippen LogP contribution >= 0.6 is 0 Å². The molecule has 1 aromatic carbocycles. The summed E-state index contributed by atoms with van der Waals surface area (Å²) in [6.07, 6.45) is 0.457. The molecule has 0 unspecified atom stereocenters. The van der Waals surface area contributed by atoms with Crippen LogP contribution in [0.5, 0.6) is 0 Å². The van der Waals surface area contributed by atoms with Crippen LogP contribution in [0.1, 0.15) is 59.6 Å². The van der Waals surface area contributed by atoms with Gasteiger partial charge in [0.1, 0.15) is 14.2 Å². The van der Waals surface area contributed by atoms with Crippen molar-refractivity contribution in [3.8, 4) is 11.3 Å². The molecule has 0 aliphatic heterocycles. The van der Waals surface area contributed by atoms with Gasteiger partial charge in [-0.15, -0.1) is 0 Å². The monoisotopic (exact) mass is 315 g/mol. The molecule has 1 heterocycles. The Labute approximate surface area is 141 Å². The quantitative estimate of drug-likeness (QED) is 0.635. The number of halogens is 1. The fourth-order valence-corrected chi connectivity index (χ4v) is 2.74. The van der Waals surface area contributed by atoms with Crippen molar-refractivity contribution in [2.24, 2.45) is 7.05 Å². The van der Waals surface area contributed by atoms with Crippen molar-refractivity contribution in [3.63, 3.8) is 0 Å². The summed E-state index contributed by atoms with van der Waals surface area (Å²) in [4.78, 5) is 0. The number of hydrogen-bond acceptors (Lipinski definition) is 0. The van der Waals surface area contributed by atoms with Gasteiger partial charge in [-0.2, -0.15) is 0 Å². The van der Waals surface area contributed by atoms with Gasteiger partial charge in [-0.05, 0) is 46.6 Å². The van der Waals surface area contributed by atoms with Gasteiger partial charge in [-0.3, -0.25) is 0 Å². The molecule has 23 heavy (non-hydrogen) atoms. The van der Waals surface area contributed by atoms with Gasteiger partial charge in [-0.25, -0.2) is 8.96 Å². The van der Waals surface area contributed by atoms with E-state index in [-0.39, 0.29) is 16.6 Å². The van der Waals surface area contributed by atoms with E-state index in [1.807, 2.05) is 51.4 Å². The Kier molecular flexibility index (Phi) is 4.03. The van der Waals surface area contributed by atoms with Crippen LogP contribution in [-0.2, 0) is 17.9 Å². The second-order valence-corrected chi connectivity index (χ2v) is 8.46. The summed E-state index contributed by atoms with van der Waals surface area (Å²) < 4.78 is 24.6. The summed E-state index contributed by atoms with van der Waals surface area (Å²) in [5.74, 6) is -0.163. The lowest BCUT2D eigenvalue weighted by Gasteiger charge is -2.22. The Balaban J connectivity index is 2.79. The third kappa shape index (κ3) is 3.63. The molecule has 124 valence electrons. The van der Waals surface area contributed by atoms with Crippen LogP contribution < -0.4 is 4.57 Å². The van der Waals surface area contributed by atoms with Crippen molar-refractivity contribution in [2.45, 2.75) is 59.3 Å². The molecule has 0 amide bonds. The fourth-order valence-electron chi connectivity index (χ4n) is 2.74. The van der Waals surface area contributed by atoms with Crippen LogP contribution in [0.25, 0.3) is 11.3 Å². The zero-order valence-electron chi connectivity index (χ0n) is 16.6.